The molecule has 26 heavy (non-hydrogen) atoms. The van der Waals surface area contributed by atoms with E-state index in [4.69, 9.17) is 4.74 Å². The number of halogens is 4. The van der Waals surface area contributed by atoms with Crippen LogP contribution in [0.3, 0.4) is 0 Å². The molecule has 0 saturated heterocycles. The average molecular weight is 365 g/mol. The summed E-state index contributed by atoms with van der Waals surface area (Å²) >= 11 is 0. The Morgan fingerprint density at radius 2 is 1.73 bits per heavy atom. The lowest BCUT2D eigenvalue weighted by atomic mass is 10.1. The van der Waals surface area contributed by atoms with Crippen molar-refractivity contribution in [3.05, 3.63) is 82.8 Å². The molecule has 2 aromatic carbocycles. The van der Waals surface area contributed by atoms with Gasteiger partial charge in [-0.15, -0.1) is 0 Å². The van der Waals surface area contributed by atoms with Crippen LogP contribution in [0.4, 0.5) is 23.2 Å². The summed E-state index contributed by atoms with van der Waals surface area (Å²) in [5.74, 6) is -3.25. The van der Waals surface area contributed by atoms with Crippen molar-refractivity contribution in [2.24, 2.45) is 0 Å². The predicted molar refractivity (Wildman–Crippen MR) is 88.4 cm³/mol. The third kappa shape index (κ3) is 3.66. The maximum absolute atomic E-state index is 14.0. The van der Waals surface area contributed by atoms with Gasteiger partial charge in [0.1, 0.15) is 35.4 Å². The molecule has 7 heteroatoms. The van der Waals surface area contributed by atoms with Crippen molar-refractivity contribution in [3.8, 4) is 5.75 Å². The van der Waals surface area contributed by atoms with E-state index in [9.17, 15) is 22.7 Å². The highest BCUT2D eigenvalue weighted by Crippen LogP contribution is 2.32. The quantitative estimate of drug-likeness (QED) is 0.792. The summed E-state index contributed by atoms with van der Waals surface area (Å²) in [5, 5.41) is 9.24. The Labute approximate surface area is 147 Å². The van der Waals surface area contributed by atoms with Crippen molar-refractivity contribution in [2.45, 2.75) is 13.5 Å². The molecule has 0 spiro atoms. The predicted octanol–water partition coefficient (Wildman–Crippen LogP) is 4.77. The maximum atomic E-state index is 14.0. The van der Waals surface area contributed by atoms with Gasteiger partial charge in [-0.05, 0) is 31.2 Å². The van der Waals surface area contributed by atoms with Crippen LogP contribution in [0.25, 0.3) is 0 Å². The molecule has 0 atom stereocenters. The van der Waals surface area contributed by atoms with Crippen LogP contribution in [0.2, 0.25) is 0 Å². The number of benzene rings is 2. The number of hydrogen-bond donors (Lipinski definition) is 1. The highest BCUT2D eigenvalue weighted by molar-refractivity contribution is 5.58. The molecule has 3 rings (SSSR count). The molecule has 1 N–H and O–H groups in total. The topological polar surface area (TPSA) is 32.7 Å². The lowest BCUT2D eigenvalue weighted by Gasteiger charge is -2.28. The van der Waals surface area contributed by atoms with E-state index in [-0.39, 0.29) is 24.4 Å². The second kappa shape index (κ2) is 7.11. The minimum absolute atomic E-state index is 0.107. The van der Waals surface area contributed by atoms with E-state index in [2.05, 4.69) is 0 Å². The summed E-state index contributed by atoms with van der Waals surface area (Å²) in [7, 11) is 0. The summed E-state index contributed by atoms with van der Waals surface area (Å²) in [6.45, 7) is 1.66. The van der Waals surface area contributed by atoms with Crippen molar-refractivity contribution < 1.29 is 27.4 Å². The molecule has 1 heterocycles. The van der Waals surface area contributed by atoms with E-state index < -0.39 is 29.0 Å². The number of hydrogen-bond acceptors (Lipinski definition) is 3. The molecule has 0 fully saturated rings. The fraction of sp³-hybridized carbons (Fsp3) is 0.158. The van der Waals surface area contributed by atoms with Gasteiger partial charge in [0.2, 0.25) is 0 Å². The van der Waals surface area contributed by atoms with E-state index in [1.807, 2.05) is 0 Å². The van der Waals surface area contributed by atoms with Gasteiger partial charge in [0.25, 0.3) is 0 Å². The molecule has 136 valence electrons. The lowest BCUT2D eigenvalue weighted by Crippen LogP contribution is -2.26. The van der Waals surface area contributed by atoms with E-state index in [0.29, 0.717) is 11.5 Å². The van der Waals surface area contributed by atoms with Crippen LogP contribution < -0.4 is 4.90 Å². The van der Waals surface area contributed by atoms with E-state index >= 15 is 0 Å². The van der Waals surface area contributed by atoms with Crippen molar-refractivity contribution in [3.63, 3.8) is 0 Å². The molecular formula is C19H15F4NO2. The Balaban J connectivity index is 1.73. The number of phenolic OH excluding ortho intramolecular Hbond substituents is 1. The van der Waals surface area contributed by atoms with Gasteiger partial charge in [-0.3, -0.25) is 0 Å². The monoisotopic (exact) mass is 365 g/mol. The first kappa shape index (κ1) is 17.8. The van der Waals surface area contributed by atoms with Crippen LogP contribution in [-0.4, -0.2) is 11.7 Å². The van der Waals surface area contributed by atoms with Crippen LogP contribution in [0.5, 0.6) is 5.75 Å². The zero-order valence-electron chi connectivity index (χ0n) is 13.8. The highest BCUT2D eigenvalue weighted by atomic mass is 19.1. The first-order valence-corrected chi connectivity index (χ1v) is 7.76. The van der Waals surface area contributed by atoms with Gasteiger partial charge in [-0.25, -0.2) is 17.6 Å². The lowest BCUT2D eigenvalue weighted by molar-refractivity contribution is 0.205. The SMILES string of the molecule is CC1=CC(OCc2ccc(F)cc2F)=CCN1c1c(F)cc(O)cc1F. The van der Waals surface area contributed by atoms with Crippen LogP contribution in [0.15, 0.2) is 53.9 Å². The summed E-state index contributed by atoms with van der Waals surface area (Å²) in [5.41, 5.74) is 0.415. The summed E-state index contributed by atoms with van der Waals surface area (Å²) < 4.78 is 60.1. The molecule has 0 radical (unpaired) electrons. The number of anilines is 1. The van der Waals surface area contributed by atoms with E-state index in [0.717, 1.165) is 24.3 Å². The number of aromatic hydroxyl groups is 1. The standard InChI is InChI=1S/C19H15F4NO2/c1-11-6-15(26-10-12-2-3-13(20)7-16(12)21)4-5-24(11)19-17(22)8-14(25)9-18(19)23/h2-4,6-9,25H,5,10H2,1H3. The molecule has 0 bridgehead atoms. The van der Waals surface area contributed by atoms with Gasteiger partial charge in [0, 0.05) is 36.0 Å². The molecule has 0 saturated carbocycles. The number of allylic oxidation sites excluding steroid dienone is 2. The fourth-order valence-corrected chi connectivity index (χ4v) is 2.65. The number of phenols is 1. The Kier molecular flexibility index (Phi) is 4.88. The molecule has 1 aliphatic rings. The first-order chi connectivity index (χ1) is 12.3. The van der Waals surface area contributed by atoms with Crippen molar-refractivity contribution >= 4 is 5.69 Å². The van der Waals surface area contributed by atoms with Crippen molar-refractivity contribution in [1.29, 1.82) is 0 Å². The van der Waals surface area contributed by atoms with Crippen LogP contribution in [0, 0.1) is 23.3 Å². The fourth-order valence-electron chi connectivity index (χ4n) is 2.65. The molecular weight excluding hydrogens is 350 g/mol. The number of rotatable bonds is 4. The molecule has 3 nitrogen and oxygen atoms in total. The zero-order valence-corrected chi connectivity index (χ0v) is 13.8. The highest BCUT2D eigenvalue weighted by Gasteiger charge is 2.21. The Hall–Kier alpha value is -2.96. The smallest absolute Gasteiger partial charge is 0.153 e. The number of nitrogens with zero attached hydrogens (tertiary/aromatic N) is 1. The van der Waals surface area contributed by atoms with Crippen molar-refractivity contribution in [1.82, 2.24) is 0 Å². The molecule has 2 aromatic rings. The largest absolute Gasteiger partial charge is 0.508 e. The second-order valence-electron chi connectivity index (χ2n) is 5.79. The molecule has 0 amide bonds. The van der Waals surface area contributed by atoms with Gasteiger partial charge >= 0.3 is 0 Å². The van der Waals surface area contributed by atoms with E-state index in [1.165, 1.54) is 11.0 Å². The van der Waals surface area contributed by atoms with Crippen LogP contribution >= 0.6 is 0 Å². The average Bonchev–Trinajstić information content (AvgIpc) is 2.55. The van der Waals surface area contributed by atoms with E-state index in [1.54, 1.807) is 19.1 Å². The Morgan fingerprint density at radius 1 is 1.04 bits per heavy atom. The van der Waals surface area contributed by atoms with Gasteiger partial charge in [0.15, 0.2) is 11.6 Å². The first-order valence-electron chi connectivity index (χ1n) is 7.76. The van der Waals surface area contributed by atoms with Gasteiger partial charge in [0.05, 0.1) is 0 Å². The van der Waals surface area contributed by atoms with Gasteiger partial charge in [-0.2, -0.15) is 0 Å². The van der Waals surface area contributed by atoms with Crippen LogP contribution in [0.1, 0.15) is 12.5 Å². The second-order valence-corrected chi connectivity index (χ2v) is 5.79. The normalized spacial score (nSPS) is 14.1. The van der Waals surface area contributed by atoms with Crippen molar-refractivity contribution in [2.75, 3.05) is 11.4 Å². The molecule has 0 aliphatic carbocycles. The Morgan fingerprint density at radius 3 is 2.35 bits per heavy atom. The molecule has 1 aliphatic heterocycles. The minimum atomic E-state index is -0.888. The molecule has 0 aromatic heterocycles. The van der Waals surface area contributed by atoms with Gasteiger partial charge in [-0.1, -0.05) is 0 Å². The number of ether oxygens (including phenoxy) is 1. The summed E-state index contributed by atoms with van der Waals surface area (Å²) in [6.07, 6.45) is 3.14. The third-order valence-electron chi connectivity index (χ3n) is 3.93. The van der Waals surface area contributed by atoms with Crippen LogP contribution in [-0.2, 0) is 11.3 Å². The third-order valence-corrected chi connectivity index (χ3v) is 3.93. The minimum Gasteiger partial charge on any atom is -0.508 e. The maximum Gasteiger partial charge on any atom is 0.153 e. The summed E-state index contributed by atoms with van der Waals surface area (Å²) in [6, 6.07) is 4.86. The molecule has 0 unspecified atom stereocenters. The zero-order chi connectivity index (χ0) is 18.8. The summed E-state index contributed by atoms with van der Waals surface area (Å²) in [4.78, 5) is 1.38. The van der Waals surface area contributed by atoms with Gasteiger partial charge < -0.3 is 14.7 Å². The Bertz CT molecular complexity index is 885.